The predicted molar refractivity (Wildman–Crippen MR) is 97.2 cm³/mol. The number of carbonyl (C=O) groups excluding carboxylic acids is 2. The summed E-state index contributed by atoms with van der Waals surface area (Å²) in [7, 11) is 0. The van der Waals surface area contributed by atoms with Gasteiger partial charge in [0, 0.05) is 37.3 Å². The fourth-order valence-electron chi connectivity index (χ4n) is 4.71. The third kappa shape index (κ3) is 2.40. The number of nitrogens with one attached hydrogen (secondary N) is 1. The maximum absolute atomic E-state index is 12.7. The van der Waals surface area contributed by atoms with Gasteiger partial charge in [-0.05, 0) is 37.0 Å². The molecule has 5 rings (SSSR count). The van der Waals surface area contributed by atoms with Crippen LogP contribution in [0.15, 0.2) is 36.5 Å². The van der Waals surface area contributed by atoms with Crippen LogP contribution < -0.4 is 5.32 Å². The lowest BCUT2D eigenvalue weighted by Gasteiger charge is -2.38. The third-order valence-electron chi connectivity index (χ3n) is 6.01. The quantitative estimate of drug-likeness (QED) is 0.906. The van der Waals surface area contributed by atoms with Crippen molar-refractivity contribution < 1.29 is 9.59 Å². The Morgan fingerprint density at radius 2 is 1.96 bits per heavy atom. The Hall–Kier alpha value is -2.47. The number of fused-ring (bicyclic) bond motifs is 3. The Morgan fingerprint density at radius 3 is 2.88 bits per heavy atom. The van der Waals surface area contributed by atoms with Gasteiger partial charge in [-0.25, -0.2) is 0 Å². The maximum Gasteiger partial charge on any atom is 0.246 e. The Labute approximate surface area is 152 Å². The van der Waals surface area contributed by atoms with Crippen LogP contribution in [-0.2, 0) is 16.1 Å². The molecule has 0 saturated carbocycles. The second-order valence-electron chi connectivity index (χ2n) is 7.50. The number of hydrogen-bond donors (Lipinski definition) is 1. The molecule has 6 heteroatoms. The van der Waals surface area contributed by atoms with Crippen molar-refractivity contribution in [1.82, 2.24) is 20.1 Å². The molecule has 2 aromatic rings. The van der Waals surface area contributed by atoms with Gasteiger partial charge in [-0.2, -0.15) is 0 Å². The molecule has 1 aromatic carbocycles. The normalized spacial score (nSPS) is 27.9. The van der Waals surface area contributed by atoms with Crippen molar-refractivity contribution in [3.8, 4) is 0 Å². The lowest BCUT2D eigenvalue weighted by atomic mass is 10.1. The van der Waals surface area contributed by atoms with Crippen LogP contribution in [0.2, 0.25) is 0 Å². The molecule has 0 unspecified atom stereocenters. The van der Waals surface area contributed by atoms with Gasteiger partial charge in [0.05, 0.1) is 5.52 Å². The minimum atomic E-state index is -0.275. The molecule has 3 saturated heterocycles. The average molecular weight is 350 g/mol. The number of benzene rings is 1. The molecule has 0 radical (unpaired) electrons. The van der Waals surface area contributed by atoms with Crippen molar-refractivity contribution in [2.75, 3.05) is 13.1 Å². The van der Waals surface area contributed by atoms with E-state index >= 15 is 0 Å². The first-order chi connectivity index (χ1) is 12.7. The lowest BCUT2D eigenvalue weighted by molar-refractivity contribution is -0.156. The summed E-state index contributed by atoms with van der Waals surface area (Å²) >= 11 is 0. The molecule has 3 atom stereocenters. The van der Waals surface area contributed by atoms with Crippen LogP contribution in [0.25, 0.3) is 10.9 Å². The summed E-state index contributed by atoms with van der Waals surface area (Å²) in [4.78, 5) is 33.5. The Bertz CT molecular complexity index is 848. The monoisotopic (exact) mass is 350 g/mol. The van der Waals surface area contributed by atoms with Gasteiger partial charge >= 0.3 is 0 Å². The van der Waals surface area contributed by atoms with Crippen molar-refractivity contribution in [2.24, 2.45) is 0 Å². The Kier molecular flexibility index (Phi) is 3.67. The van der Waals surface area contributed by atoms with E-state index in [1.54, 1.807) is 6.20 Å². The summed E-state index contributed by atoms with van der Waals surface area (Å²) in [6.45, 7) is 2.08. The number of rotatable bonds is 3. The molecule has 3 aliphatic heterocycles. The van der Waals surface area contributed by atoms with Crippen LogP contribution in [0.4, 0.5) is 0 Å². The number of amides is 2. The molecular formula is C20H22N4O2. The van der Waals surface area contributed by atoms with E-state index in [1.165, 1.54) is 5.56 Å². The summed E-state index contributed by atoms with van der Waals surface area (Å²) in [6, 6.07) is 9.84. The van der Waals surface area contributed by atoms with Crippen LogP contribution in [-0.4, -0.2) is 57.8 Å². The number of nitrogens with zero attached hydrogens (tertiary/aromatic N) is 3. The first kappa shape index (κ1) is 15.8. The molecule has 3 aliphatic rings. The van der Waals surface area contributed by atoms with Gasteiger partial charge in [-0.3, -0.25) is 14.6 Å². The second kappa shape index (κ2) is 6.06. The zero-order valence-corrected chi connectivity index (χ0v) is 14.6. The number of hydrogen-bond acceptors (Lipinski definition) is 4. The highest BCUT2D eigenvalue weighted by atomic mass is 16.2. The molecular weight excluding hydrogens is 328 g/mol. The van der Waals surface area contributed by atoms with Crippen LogP contribution in [0.1, 0.15) is 24.8 Å². The van der Waals surface area contributed by atoms with Gasteiger partial charge in [0.15, 0.2) is 0 Å². The number of carbonyl (C=O) groups is 2. The highest BCUT2D eigenvalue weighted by molar-refractivity contribution is 5.98. The first-order valence-corrected chi connectivity index (χ1v) is 9.39. The van der Waals surface area contributed by atoms with Crippen molar-refractivity contribution in [1.29, 1.82) is 0 Å². The fourth-order valence-corrected chi connectivity index (χ4v) is 4.71. The van der Waals surface area contributed by atoms with E-state index in [1.807, 2.05) is 28.0 Å². The topological polar surface area (TPSA) is 65.5 Å². The van der Waals surface area contributed by atoms with E-state index < -0.39 is 0 Å². The third-order valence-corrected chi connectivity index (χ3v) is 6.01. The maximum atomic E-state index is 12.7. The number of piperazine rings is 1. The van der Waals surface area contributed by atoms with Gasteiger partial charge in [0.2, 0.25) is 11.8 Å². The largest absolute Gasteiger partial charge is 0.329 e. The van der Waals surface area contributed by atoms with Crippen molar-refractivity contribution in [3.63, 3.8) is 0 Å². The Morgan fingerprint density at radius 1 is 1.08 bits per heavy atom. The van der Waals surface area contributed by atoms with Gasteiger partial charge in [-0.15, -0.1) is 0 Å². The van der Waals surface area contributed by atoms with E-state index in [2.05, 4.69) is 22.4 Å². The van der Waals surface area contributed by atoms with E-state index in [0.717, 1.165) is 30.3 Å². The van der Waals surface area contributed by atoms with Crippen LogP contribution >= 0.6 is 0 Å². The smallest absolute Gasteiger partial charge is 0.246 e. The van der Waals surface area contributed by atoms with Crippen LogP contribution in [0.3, 0.4) is 0 Å². The molecule has 26 heavy (non-hydrogen) atoms. The van der Waals surface area contributed by atoms with E-state index in [0.29, 0.717) is 19.5 Å². The summed E-state index contributed by atoms with van der Waals surface area (Å²) in [5, 5.41) is 4.71. The number of aromatic nitrogens is 1. The van der Waals surface area contributed by atoms with Crippen molar-refractivity contribution in [2.45, 2.75) is 43.9 Å². The first-order valence-electron chi connectivity index (χ1n) is 9.39. The van der Waals surface area contributed by atoms with E-state index in [-0.39, 0.29) is 29.9 Å². The summed E-state index contributed by atoms with van der Waals surface area (Å²) < 4.78 is 0. The minimum absolute atomic E-state index is 0.144. The standard InChI is InChI=1S/C20H22N4O2/c25-19-17-7-3-9-23(17)20(26)18-10-14(12-24(18)19)22-11-13-4-1-6-16-15(13)5-2-8-21-16/h1-2,4-6,8,14,17-18,22H,3,7,9-12H2/t14-,17-,18-/m0/s1. The molecule has 4 heterocycles. The molecule has 0 bridgehead atoms. The van der Waals surface area contributed by atoms with Crippen LogP contribution in [0, 0.1) is 0 Å². The highest BCUT2D eigenvalue weighted by Crippen LogP contribution is 2.32. The molecule has 6 nitrogen and oxygen atoms in total. The molecule has 0 spiro atoms. The SMILES string of the molecule is O=C1[C@@H]2C[C@H](NCc3cccc4ncccc34)CN2C(=O)[C@@H]2CCCN12. The van der Waals surface area contributed by atoms with Crippen molar-refractivity contribution >= 4 is 22.7 Å². The zero-order valence-electron chi connectivity index (χ0n) is 14.6. The zero-order chi connectivity index (χ0) is 17.7. The predicted octanol–water partition coefficient (Wildman–Crippen LogP) is 1.30. The van der Waals surface area contributed by atoms with Gasteiger partial charge in [0.1, 0.15) is 12.1 Å². The fraction of sp³-hybridized carbons (Fsp3) is 0.450. The number of pyridine rings is 1. The summed E-state index contributed by atoms with van der Waals surface area (Å²) in [5.41, 5.74) is 2.18. The Balaban J connectivity index is 1.31. The minimum Gasteiger partial charge on any atom is -0.329 e. The van der Waals surface area contributed by atoms with E-state index in [9.17, 15) is 9.59 Å². The lowest BCUT2D eigenvalue weighted by Crippen LogP contribution is -2.60. The second-order valence-corrected chi connectivity index (χ2v) is 7.50. The summed E-state index contributed by atoms with van der Waals surface area (Å²) in [6.07, 6.45) is 4.27. The summed E-state index contributed by atoms with van der Waals surface area (Å²) in [5.74, 6) is 0.288. The molecule has 1 aromatic heterocycles. The van der Waals surface area contributed by atoms with Gasteiger partial charge < -0.3 is 15.1 Å². The van der Waals surface area contributed by atoms with Gasteiger partial charge in [0.25, 0.3) is 0 Å². The van der Waals surface area contributed by atoms with Gasteiger partial charge in [-0.1, -0.05) is 18.2 Å². The molecule has 134 valence electrons. The van der Waals surface area contributed by atoms with E-state index in [4.69, 9.17) is 0 Å². The molecule has 2 amide bonds. The molecule has 0 aliphatic carbocycles. The van der Waals surface area contributed by atoms with Crippen molar-refractivity contribution in [3.05, 3.63) is 42.1 Å². The highest BCUT2D eigenvalue weighted by Gasteiger charge is 2.51. The molecule has 1 N–H and O–H groups in total. The van der Waals surface area contributed by atoms with Crippen LogP contribution in [0.5, 0.6) is 0 Å². The average Bonchev–Trinajstić information content (AvgIpc) is 3.32. The molecule has 3 fully saturated rings.